The maximum absolute atomic E-state index is 9.86. The molecule has 12 nitrogen and oxygen atoms in total. The fourth-order valence-electron chi connectivity index (χ4n) is 1.13. The molecule has 0 spiro atoms. The minimum Gasteiger partial charge on any atom is -0.542 e. The van der Waals surface area contributed by atoms with Crippen molar-refractivity contribution in [1.29, 1.82) is 0 Å². The second-order valence-corrected chi connectivity index (χ2v) is 3.68. The summed E-state index contributed by atoms with van der Waals surface area (Å²) >= 11 is 0. The monoisotopic (exact) mass is 491 g/mol. The quantitative estimate of drug-likeness (QED) is 0.330. The smallest absolute Gasteiger partial charge is 0.542 e. The number of nitrogens with one attached hydrogen (secondary N) is 3. The van der Waals surface area contributed by atoms with E-state index in [-0.39, 0.29) is 57.4 Å². The molecule has 0 atom stereocenters. The average molecular weight is 490 g/mol. The summed E-state index contributed by atoms with van der Waals surface area (Å²) in [5, 5.41) is 29.6. The van der Waals surface area contributed by atoms with Crippen LogP contribution >= 0.6 is 0 Å². The average Bonchev–Trinajstić information content (AvgIpc) is 3.29. The molecule has 0 fully saturated rings. The molecule has 0 aliphatic heterocycles. The third kappa shape index (κ3) is 8.69. The molecule has 3 N–H and O–H groups in total. The predicted octanol–water partition coefficient (Wildman–Crippen LogP) is -3.68. The second-order valence-electron chi connectivity index (χ2n) is 3.68. The van der Waals surface area contributed by atoms with Crippen molar-refractivity contribution in [2.45, 2.75) is 0 Å². The Morgan fingerprint density at radius 2 is 0.880 bits per heavy atom. The molecule has 0 saturated heterocycles. The fraction of sp³-hybridized carbons (Fsp3) is 0. The van der Waals surface area contributed by atoms with Crippen molar-refractivity contribution in [1.82, 2.24) is 29.9 Å². The standard InChI is InChI=1S/3C4H4N2O2.Gd/c3*7-4(8)3-5-1-2-6-3;/h3*1-2H,(H,5,6)(H,7,8);/q;;;+3/p-3. The second kappa shape index (κ2) is 11.8. The number of rotatable bonds is 3. The maximum Gasteiger partial charge on any atom is 3.00 e. The Balaban J connectivity index is 0.000000339. The van der Waals surface area contributed by atoms with Gasteiger partial charge >= 0.3 is 39.9 Å². The number of aromatic carboxylic acids is 3. The van der Waals surface area contributed by atoms with Crippen LogP contribution in [0.5, 0.6) is 0 Å². The first kappa shape index (κ1) is 22.4. The summed E-state index contributed by atoms with van der Waals surface area (Å²) in [6.07, 6.45) is 8.32. The molecule has 3 heterocycles. The molecule has 13 heteroatoms. The summed E-state index contributed by atoms with van der Waals surface area (Å²) in [5.41, 5.74) is 0. The molecule has 0 saturated carbocycles. The summed E-state index contributed by atoms with van der Waals surface area (Å²) < 4.78 is 0. The van der Waals surface area contributed by atoms with Crippen LogP contribution in [0.1, 0.15) is 31.9 Å². The van der Waals surface area contributed by atoms with Crippen LogP contribution in [0.3, 0.4) is 0 Å². The molecular formula is C12H9GdN6O6. The SMILES string of the molecule is O=C([O-])c1ncc[nH]1.O=C([O-])c1ncc[nH]1.O=C([O-])c1ncc[nH]1.[Gd+3]. The Morgan fingerprint density at radius 1 is 0.640 bits per heavy atom. The van der Waals surface area contributed by atoms with Gasteiger partial charge in [-0.2, -0.15) is 0 Å². The Kier molecular flexibility index (Phi) is 10.6. The molecule has 0 aliphatic rings. The van der Waals surface area contributed by atoms with E-state index in [0.717, 1.165) is 0 Å². The zero-order valence-electron chi connectivity index (χ0n) is 12.1. The third-order valence-electron chi connectivity index (χ3n) is 2.07. The Hall–Kier alpha value is -2.64. The van der Waals surface area contributed by atoms with E-state index in [9.17, 15) is 29.7 Å². The number of nitrogens with zero attached hydrogens (tertiary/aromatic N) is 3. The van der Waals surface area contributed by atoms with Gasteiger partial charge in [-0.1, -0.05) is 0 Å². The molecule has 1 radical (unpaired) electrons. The number of aromatic amines is 3. The van der Waals surface area contributed by atoms with Crippen LogP contribution in [0.2, 0.25) is 0 Å². The van der Waals surface area contributed by atoms with Crippen LogP contribution in [-0.2, 0) is 0 Å². The van der Waals surface area contributed by atoms with Crippen molar-refractivity contribution in [3.05, 3.63) is 54.7 Å². The van der Waals surface area contributed by atoms with Gasteiger partial charge < -0.3 is 44.7 Å². The van der Waals surface area contributed by atoms with Crippen molar-refractivity contribution in [3.8, 4) is 0 Å². The van der Waals surface area contributed by atoms with Gasteiger partial charge in [-0.15, -0.1) is 0 Å². The first-order valence-corrected chi connectivity index (χ1v) is 6.04. The van der Waals surface area contributed by atoms with E-state index < -0.39 is 17.9 Å². The molecule has 0 aromatic carbocycles. The topological polar surface area (TPSA) is 206 Å². The van der Waals surface area contributed by atoms with E-state index in [1.165, 1.54) is 37.2 Å². The van der Waals surface area contributed by atoms with Crippen LogP contribution in [0, 0.1) is 39.9 Å². The number of hydrogen-bond donors (Lipinski definition) is 3. The van der Waals surface area contributed by atoms with Gasteiger partial charge in [0.1, 0.15) is 17.9 Å². The molecule has 3 aromatic rings. The van der Waals surface area contributed by atoms with E-state index >= 15 is 0 Å². The number of carbonyl (C=O) groups is 3. The van der Waals surface area contributed by atoms with Gasteiger partial charge in [0, 0.05) is 37.2 Å². The van der Waals surface area contributed by atoms with Gasteiger partial charge in [-0.05, 0) is 0 Å². The van der Waals surface area contributed by atoms with E-state index in [2.05, 4.69) is 29.9 Å². The van der Waals surface area contributed by atoms with Crippen molar-refractivity contribution in [2.75, 3.05) is 0 Å². The van der Waals surface area contributed by atoms with Crippen molar-refractivity contribution in [2.24, 2.45) is 0 Å². The van der Waals surface area contributed by atoms with Crippen LogP contribution in [0.4, 0.5) is 0 Å². The number of aromatic nitrogens is 6. The number of carboxylic acid groups (broad SMARTS) is 3. The largest absolute Gasteiger partial charge is 3.00 e. The van der Waals surface area contributed by atoms with Crippen molar-refractivity contribution in [3.63, 3.8) is 0 Å². The summed E-state index contributed by atoms with van der Waals surface area (Å²) in [4.78, 5) is 46.9. The van der Waals surface area contributed by atoms with Gasteiger partial charge in [0.25, 0.3) is 0 Å². The fourth-order valence-corrected chi connectivity index (χ4v) is 1.13. The Morgan fingerprint density at radius 3 is 0.960 bits per heavy atom. The Labute approximate surface area is 171 Å². The number of hydrogen-bond acceptors (Lipinski definition) is 9. The van der Waals surface area contributed by atoms with Gasteiger partial charge in [-0.25, -0.2) is 15.0 Å². The molecule has 25 heavy (non-hydrogen) atoms. The van der Waals surface area contributed by atoms with Crippen LogP contribution in [0.25, 0.3) is 0 Å². The van der Waals surface area contributed by atoms with E-state index in [1.54, 1.807) is 0 Å². The first-order valence-electron chi connectivity index (χ1n) is 6.04. The normalized spacial score (nSPS) is 8.64. The van der Waals surface area contributed by atoms with Gasteiger partial charge in [-0.3, -0.25) is 0 Å². The predicted molar refractivity (Wildman–Crippen MR) is 68.8 cm³/mol. The molecule has 131 valence electrons. The summed E-state index contributed by atoms with van der Waals surface area (Å²) in [5.74, 6) is -4.25. The first-order chi connectivity index (χ1) is 11.4. The zero-order valence-corrected chi connectivity index (χ0v) is 14.4. The number of imidazole rings is 3. The maximum atomic E-state index is 9.86. The van der Waals surface area contributed by atoms with E-state index in [4.69, 9.17) is 0 Å². The molecule has 0 amide bonds. The third-order valence-corrected chi connectivity index (χ3v) is 2.07. The van der Waals surface area contributed by atoms with Crippen molar-refractivity contribution >= 4 is 17.9 Å². The summed E-state index contributed by atoms with van der Waals surface area (Å²) in [6.45, 7) is 0. The van der Waals surface area contributed by atoms with Crippen LogP contribution < -0.4 is 15.3 Å². The minimum atomic E-state index is -1.28. The molecular weight excluding hydrogens is 481 g/mol. The summed E-state index contributed by atoms with van der Waals surface area (Å²) in [6, 6.07) is 0. The van der Waals surface area contributed by atoms with Gasteiger partial charge in [0.2, 0.25) is 0 Å². The molecule has 0 bridgehead atoms. The van der Waals surface area contributed by atoms with Gasteiger partial charge in [0.15, 0.2) is 17.5 Å². The Bertz CT molecular complexity index is 651. The number of carboxylic acids is 3. The van der Waals surface area contributed by atoms with Gasteiger partial charge in [0.05, 0.1) is 0 Å². The van der Waals surface area contributed by atoms with E-state index in [0.29, 0.717) is 0 Å². The molecule has 0 unspecified atom stereocenters. The zero-order chi connectivity index (χ0) is 17.9. The minimum absolute atomic E-state index is 0. The number of carbonyl (C=O) groups excluding carboxylic acids is 3. The number of H-pyrrole nitrogens is 3. The molecule has 3 rings (SSSR count). The van der Waals surface area contributed by atoms with E-state index in [1.807, 2.05) is 0 Å². The molecule has 3 aromatic heterocycles. The molecule has 0 aliphatic carbocycles. The van der Waals surface area contributed by atoms with Crippen LogP contribution in [-0.4, -0.2) is 47.8 Å². The van der Waals surface area contributed by atoms with Crippen molar-refractivity contribution < 1.29 is 69.6 Å². The summed E-state index contributed by atoms with van der Waals surface area (Å²) in [7, 11) is 0. The van der Waals surface area contributed by atoms with Crippen LogP contribution in [0.15, 0.2) is 37.2 Å².